The van der Waals surface area contributed by atoms with Gasteiger partial charge in [0.2, 0.25) is 0 Å². The fourth-order valence-corrected chi connectivity index (χ4v) is 2.80. The molecule has 1 fully saturated rings. The van der Waals surface area contributed by atoms with E-state index in [1.807, 2.05) is 6.07 Å². The van der Waals surface area contributed by atoms with Gasteiger partial charge in [0.25, 0.3) is 0 Å². The van der Waals surface area contributed by atoms with Gasteiger partial charge in [-0.15, -0.1) is 0 Å². The van der Waals surface area contributed by atoms with Crippen LogP contribution in [0.2, 0.25) is 0 Å². The monoisotopic (exact) mass is 243 g/mol. The number of hydrogen-bond donors (Lipinski definition) is 1. The van der Waals surface area contributed by atoms with Crippen molar-refractivity contribution in [3.05, 3.63) is 42.5 Å². The molecule has 1 N–H and O–H groups in total. The molecule has 0 amide bonds. The minimum absolute atomic E-state index is 0.913. The van der Waals surface area contributed by atoms with Gasteiger partial charge in [-0.05, 0) is 30.0 Å². The average molecular weight is 243 g/mol. The van der Waals surface area contributed by atoms with Crippen molar-refractivity contribution in [1.29, 1.82) is 0 Å². The Hall–Kier alpha value is -1.08. The van der Waals surface area contributed by atoms with Gasteiger partial charge in [-0.25, -0.2) is 0 Å². The summed E-state index contributed by atoms with van der Waals surface area (Å²) in [5.41, 5.74) is 2.45. The topological polar surface area (TPSA) is 12.0 Å². The Labute approximate surface area is 111 Å². The van der Waals surface area contributed by atoms with Crippen LogP contribution in [0, 0.1) is 5.92 Å². The molecule has 0 aromatic heterocycles. The quantitative estimate of drug-likeness (QED) is 0.736. The summed E-state index contributed by atoms with van der Waals surface area (Å²) in [4.78, 5) is 0. The smallest absolute Gasteiger partial charge is 0.0205 e. The van der Waals surface area contributed by atoms with E-state index in [9.17, 15) is 0 Å². The van der Waals surface area contributed by atoms with Crippen LogP contribution in [0.15, 0.2) is 36.9 Å². The molecule has 1 aromatic carbocycles. The molecule has 0 saturated heterocycles. The van der Waals surface area contributed by atoms with E-state index in [4.69, 9.17) is 0 Å². The predicted octanol–water partition coefficient (Wildman–Crippen LogP) is 4.26. The van der Waals surface area contributed by atoms with E-state index in [2.05, 4.69) is 36.2 Å². The molecule has 0 radical (unpaired) electrons. The van der Waals surface area contributed by atoms with E-state index >= 15 is 0 Å². The van der Waals surface area contributed by atoms with E-state index in [-0.39, 0.29) is 0 Å². The molecule has 1 heteroatoms. The van der Waals surface area contributed by atoms with Crippen LogP contribution < -0.4 is 5.32 Å². The second-order valence-corrected chi connectivity index (χ2v) is 5.44. The molecule has 98 valence electrons. The van der Waals surface area contributed by atoms with Crippen molar-refractivity contribution in [2.75, 3.05) is 13.1 Å². The fourth-order valence-electron chi connectivity index (χ4n) is 2.80. The number of rotatable bonds is 6. The first kappa shape index (κ1) is 13.4. The van der Waals surface area contributed by atoms with E-state index < -0.39 is 0 Å². The first-order valence-electron chi connectivity index (χ1n) is 7.30. The van der Waals surface area contributed by atoms with Crippen LogP contribution in [0.5, 0.6) is 0 Å². The highest BCUT2D eigenvalue weighted by atomic mass is 14.8. The summed E-state index contributed by atoms with van der Waals surface area (Å²) >= 11 is 0. The predicted molar refractivity (Wildman–Crippen MR) is 79.5 cm³/mol. The molecular formula is C17H25N. The van der Waals surface area contributed by atoms with Crippen molar-refractivity contribution in [1.82, 2.24) is 5.32 Å². The molecular weight excluding hydrogens is 218 g/mol. The summed E-state index contributed by atoms with van der Waals surface area (Å²) in [6.45, 7) is 6.20. The molecule has 0 heterocycles. The van der Waals surface area contributed by atoms with Crippen LogP contribution in [-0.4, -0.2) is 13.1 Å². The van der Waals surface area contributed by atoms with Crippen LogP contribution in [0.3, 0.4) is 0 Å². The average Bonchev–Trinajstić information content (AvgIpc) is 2.45. The summed E-state index contributed by atoms with van der Waals surface area (Å²) in [7, 11) is 0. The summed E-state index contributed by atoms with van der Waals surface area (Å²) in [5, 5.41) is 3.53. The Morgan fingerprint density at radius 3 is 2.56 bits per heavy atom. The van der Waals surface area contributed by atoms with Crippen molar-refractivity contribution < 1.29 is 0 Å². The zero-order chi connectivity index (χ0) is 12.6. The minimum Gasteiger partial charge on any atom is -0.313 e. The maximum atomic E-state index is 4.15. The van der Waals surface area contributed by atoms with Crippen LogP contribution in [-0.2, 0) is 0 Å². The molecule has 18 heavy (non-hydrogen) atoms. The molecule has 0 atom stereocenters. The highest BCUT2D eigenvalue weighted by Gasteiger charge is 2.12. The third kappa shape index (κ3) is 4.30. The van der Waals surface area contributed by atoms with Crippen LogP contribution >= 0.6 is 0 Å². The van der Waals surface area contributed by atoms with Gasteiger partial charge in [0, 0.05) is 6.54 Å². The molecule has 0 aliphatic heterocycles. The van der Waals surface area contributed by atoms with E-state index in [1.54, 1.807) is 0 Å². The molecule has 1 aromatic rings. The van der Waals surface area contributed by atoms with Crippen molar-refractivity contribution in [3.8, 4) is 0 Å². The highest BCUT2D eigenvalue weighted by molar-refractivity contribution is 5.64. The Bertz CT molecular complexity index is 349. The molecule has 0 bridgehead atoms. The van der Waals surface area contributed by atoms with Crippen LogP contribution in [0.4, 0.5) is 0 Å². The standard InChI is InChI=1S/C17H25N/c1-15(17-10-6-3-7-11-17)14-18-13-12-16-8-4-2-5-9-16/h3,6-7,10-11,16,18H,1-2,4-5,8-9,12-14H2. The van der Waals surface area contributed by atoms with Gasteiger partial charge in [0.15, 0.2) is 0 Å². The summed E-state index contributed by atoms with van der Waals surface area (Å²) in [6, 6.07) is 10.5. The fraction of sp³-hybridized carbons (Fsp3) is 0.529. The zero-order valence-corrected chi connectivity index (χ0v) is 11.3. The highest BCUT2D eigenvalue weighted by Crippen LogP contribution is 2.25. The minimum atomic E-state index is 0.913. The maximum absolute atomic E-state index is 4.15. The normalized spacial score (nSPS) is 16.7. The molecule has 0 unspecified atom stereocenters. The molecule has 2 rings (SSSR count). The lowest BCUT2D eigenvalue weighted by molar-refractivity contribution is 0.336. The van der Waals surface area contributed by atoms with Crippen molar-refractivity contribution >= 4 is 5.57 Å². The van der Waals surface area contributed by atoms with Gasteiger partial charge < -0.3 is 5.32 Å². The van der Waals surface area contributed by atoms with Gasteiger partial charge in [0.05, 0.1) is 0 Å². The molecule has 1 saturated carbocycles. The van der Waals surface area contributed by atoms with Crippen molar-refractivity contribution in [3.63, 3.8) is 0 Å². The lowest BCUT2D eigenvalue weighted by atomic mass is 9.87. The maximum Gasteiger partial charge on any atom is 0.0205 e. The summed E-state index contributed by atoms with van der Waals surface area (Å²) in [6.07, 6.45) is 8.57. The summed E-state index contributed by atoms with van der Waals surface area (Å²) in [5.74, 6) is 0.969. The lowest BCUT2D eigenvalue weighted by Gasteiger charge is -2.21. The zero-order valence-electron chi connectivity index (χ0n) is 11.3. The third-order valence-corrected chi connectivity index (χ3v) is 3.97. The Morgan fingerprint density at radius 2 is 1.83 bits per heavy atom. The second-order valence-electron chi connectivity index (χ2n) is 5.44. The molecule has 1 aliphatic rings. The first-order chi connectivity index (χ1) is 8.86. The SMILES string of the molecule is C=C(CNCCC1CCCCC1)c1ccccc1. The van der Waals surface area contributed by atoms with Gasteiger partial charge in [0.1, 0.15) is 0 Å². The molecule has 1 nitrogen and oxygen atoms in total. The number of hydrogen-bond acceptors (Lipinski definition) is 1. The molecule has 0 spiro atoms. The summed E-state index contributed by atoms with van der Waals surface area (Å²) < 4.78 is 0. The Kier molecular flexibility index (Phi) is 5.47. The lowest BCUT2D eigenvalue weighted by Crippen LogP contribution is -2.21. The Morgan fingerprint density at radius 1 is 1.11 bits per heavy atom. The van der Waals surface area contributed by atoms with Crippen molar-refractivity contribution in [2.24, 2.45) is 5.92 Å². The van der Waals surface area contributed by atoms with Gasteiger partial charge in [-0.1, -0.05) is 69.0 Å². The van der Waals surface area contributed by atoms with Crippen LogP contribution in [0.25, 0.3) is 5.57 Å². The van der Waals surface area contributed by atoms with Crippen molar-refractivity contribution in [2.45, 2.75) is 38.5 Å². The van der Waals surface area contributed by atoms with E-state index in [1.165, 1.54) is 49.7 Å². The van der Waals surface area contributed by atoms with Gasteiger partial charge in [-0.2, -0.15) is 0 Å². The van der Waals surface area contributed by atoms with Gasteiger partial charge >= 0.3 is 0 Å². The second kappa shape index (κ2) is 7.38. The van der Waals surface area contributed by atoms with Crippen LogP contribution in [0.1, 0.15) is 44.1 Å². The first-order valence-corrected chi connectivity index (χ1v) is 7.30. The third-order valence-electron chi connectivity index (χ3n) is 3.97. The van der Waals surface area contributed by atoms with E-state index in [0.717, 1.165) is 19.0 Å². The van der Waals surface area contributed by atoms with E-state index in [0.29, 0.717) is 0 Å². The molecule has 1 aliphatic carbocycles. The number of benzene rings is 1. The van der Waals surface area contributed by atoms with Gasteiger partial charge in [-0.3, -0.25) is 0 Å². The largest absolute Gasteiger partial charge is 0.313 e. The number of nitrogens with one attached hydrogen (secondary N) is 1. The Balaban J connectivity index is 1.62.